The Labute approximate surface area is 192 Å². The van der Waals surface area contributed by atoms with E-state index < -0.39 is 0 Å². The molecule has 0 saturated heterocycles. The summed E-state index contributed by atoms with van der Waals surface area (Å²) in [6, 6.07) is 15.5. The molecule has 6 nitrogen and oxygen atoms in total. The topological polar surface area (TPSA) is 73.6 Å². The molecule has 0 bridgehead atoms. The maximum atomic E-state index is 12.6. The zero-order valence-corrected chi connectivity index (χ0v) is 18.9. The highest BCUT2D eigenvalue weighted by Crippen LogP contribution is 2.38. The number of fused-ring (bicyclic) bond motifs is 1. The van der Waals surface area contributed by atoms with Gasteiger partial charge in [0.15, 0.2) is 0 Å². The molecule has 4 aromatic rings. The molecule has 2 heterocycles. The Balaban J connectivity index is 1.67. The maximum Gasteiger partial charge on any atom is 0.244 e. The second-order valence-corrected chi connectivity index (χ2v) is 7.57. The van der Waals surface area contributed by atoms with E-state index in [1.54, 1.807) is 31.8 Å². The summed E-state index contributed by atoms with van der Waals surface area (Å²) in [7, 11) is 1.65. The molecule has 4 rings (SSSR count). The minimum absolute atomic E-state index is 0.181. The largest absolute Gasteiger partial charge is 0.497 e. The predicted molar refractivity (Wildman–Crippen MR) is 129 cm³/mol. The summed E-state index contributed by atoms with van der Waals surface area (Å²) in [6.45, 7) is 4.74. The van der Waals surface area contributed by atoms with E-state index in [-0.39, 0.29) is 5.91 Å². The van der Waals surface area contributed by atoms with Gasteiger partial charge in [0.05, 0.1) is 20.0 Å². The molecule has 0 unspecified atom stereocenters. The van der Waals surface area contributed by atoms with E-state index in [0.717, 1.165) is 39.0 Å². The van der Waals surface area contributed by atoms with Crippen LogP contribution in [-0.2, 0) is 11.3 Å². The molecule has 1 amide bonds. The number of allylic oxidation sites excluding steroid dienone is 1. The fraction of sp³-hybridized carbons (Fsp3) is 0.185. The lowest BCUT2D eigenvalue weighted by molar-refractivity contribution is -0.116. The number of nitrogens with one attached hydrogen (secondary N) is 1. The van der Waals surface area contributed by atoms with Crippen molar-refractivity contribution in [3.05, 3.63) is 84.4 Å². The number of rotatable bonds is 8. The van der Waals surface area contributed by atoms with Crippen LogP contribution < -0.4 is 14.8 Å². The number of carbonyl (C=O) groups is 1. The average molecular weight is 443 g/mol. The maximum absolute atomic E-state index is 12.6. The second-order valence-electron chi connectivity index (χ2n) is 7.57. The van der Waals surface area contributed by atoms with Gasteiger partial charge in [-0.15, -0.1) is 0 Å². The summed E-state index contributed by atoms with van der Waals surface area (Å²) in [5.41, 5.74) is 5.22. The van der Waals surface area contributed by atoms with Gasteiger partial charge >= 0.3 is 0 Å². The van der Waals surface area contributed by atoms with Gasteiger partial charge in [-0.05, 0) is 54.8 Å². The zero-order chi connectivity index (χ0) is 23.2. The van der Waals surface area contributed by atoms with Gasteiger partial charge in [0.25, 0.3) is 0 Å². The molecule has 0 aliphatic heterocycles. The van der Waals surface area contributed by atoms with E-state index in [1.807, 2.05) is 62.4 Å². The molecule has 33 heavy (non-hydrogen) atoms. The molecule has 1 N–H and O–H groups in total. The summed E-state index contributed by atoms with van der Waals surface area (Å²) in [5, 5.41) is 3.84. The van der Waals surface area contributed by atoms with Crippen LogP contribution in [0.1, 0.15) is 25.0 Å². The number of hydrogen-bond acceptors (Lipinski definition) is 5. The number of aromatic nitrogens is 1. The summed E-state index contributed by atoms with van der Waals surface area (Å²) >= 11 is 0. The zero-order valence-electron chi connectivity index (χ0n) is 18.9. The van der Waals surface area contributed by atoms with Crippen molar-refractivity contribution < 1.29 is 18.7 Å². The van der Waals surface area contributed by atoms with Crippen molar-refractivity contribution in [2.24, 2.45) is 0 Å². The smallest absolute Gasteiger partial charge is 0.244 e. The average Bonchev–Trinajstić information content (AvgIpc) is 3.26. The van der Waals surface area contributed by atoms with Crippen LogP contribution in [-0.4, -0.2) is 24.6 Å². The summed E-state index contributed by atoms with van der Waals surface area (Å²) in [5.74, 6) is 1.26. The van der Waals surface area contributed by atoms with Crippen molar-refractivity contribution in [1.29, 1.82) is 0 Å². The fourth-order valence-electron chi connectivity index (χ4n) is 3.67. The fourth-order valence-corrected chi connectivity index (χ4v) is 3.67. The predicted octanol–water partition coefficient (Wildman–Crippen LogP) is 5.62. The lowest BCUT2D eigenvalue weighted by Gasteiger charge is -2.12. The molecule has 0 radical (unpaired) electrons. The molecule has 2 aromatic carbocycles. The van der Waals surface area contributed by atoms with Crippen molar-refractivity contribution in [3.63, 3.8) is 0 Å². The quantitative estimate of drug-likeness (QED) is 0.359. The molecule has 0 atom stereocenters. The number of ether oxygens (including phenoxy) is 2. The Kier molecular flexibility index (Phi) is 6.74. The second kappa shape index (κ2) is 10.0. The Hall–Kier alpha value is -4.06. The minimum Gasteiger partial charge on any atom is -0.497 e. The first kappa shape index (κ1) is 22.1. The third kappa shape index (κ3) is 5.06. The monoisotopic (exact) mass is 442 g/mol. The van der Waals surface area contributed by atoms with Gasteiger partial charge in [0, 0.05) is 47.6 Å². The Morgan fingerprint density at radius 1 is 1.18 bits per heavy atom. The normalized spacial score (nSPS) is 11.4. The molecular formula is C27H26N2O4. The van der Waals surface area contributed by atoms with Gasteiger partial charge in [-0.1, -0.05) is 18.2 Å². The first-order valence-electron chi connectivity index (χ1n) is 10.8. The highest BCUT2D eigenvalue weighted by molar-refractivity contribution is 6.00. The third-order valence-electron chi connectivity index (χ3n) is 5.32. The number of amides is 1. The van der Waals surface area contributed by atoms with Gasteiger partial charge in [0.1, 0.15) is 17.1 Å². The SMILES string of the molecule is CCOc1cc2occ(-c3cccc(OC)c3)c2cc1/C(C)=C/C(=O)NCc1cccnc1. The van der Waals surface area contributed by atoms with Gasteiger partial charge in [-0.3, -0.25) is 9.78 Å². The summed E-state index contributed by atoms with van der Waals surface area (Å²) < 4.78 is 17.1. The van der Waals surface area contributed by atoms with Crippen LogP contribution in [0.2, 0.25) is 0 Å². The van der Waals surface area contributed by atoms with Crippen LogP contribution in [0.15, 0.2) is 77.7 Å². The molecule has 0 aliphatic rings. The first-order valence-corrected chi connectivity index (χ1v) is 10.8. The van der Waals surface area contributed by atoms with Crippen LogP contribution in [0.5, 0.6) is 11.5 Å². The van der Waals surface area contributed by atoms with Gasteiger partial charge < -0.3 is 19.2 Å². The van der Waals surface area contributed by atoms with E-state index >= 15 is 0 Å². The number of benzene rings is 2. The van der Waals surface area contributed by atoms with Crippen molar-refractivity contribution in [2.45, 2.75) is 20.4 Å². The van der Waals surface area contributed by atoms with E-state index in [2.05, 4.69) is 10.3 Å². The van der Waals surface area contributed by atoms with Gasteiger partial charge in [-0.25, -0.2) is 0 Å². The molecular weight excluding hydrogens is 416 g/mol. The van der Waals surface area contributed by atoms with Crippen molar-refractivity contribution in [3.8, 4) is 22.6 Å². The van der Waals surface area contributed by atoms with Crippen LogP contribution >= 0.6 is 0 Å². The number of furan rings is 1. The van der Waals surface area contributed by atoms with E-state index in [9.17, 15) is 4.79 Å². The Bertz CT molecular complexity index is 1290. The highest BCUT2D eigenvalue weighted by Gasteiger charge is 2.15. The standard InChI is InChI=1S/C27H26N2O4/c1-4-32-25-14-26-23(24(17-33-26)20-8-5-9-21(12-20)31-3)13-22(25)18(2)11-27(30)29-16-19-7-6-10-28-15-19/h5-15,17H,4,16H2,1-3H3,(H,29,30)/b18-11+. The lowest BCUT2D eigenvalue weighted by Crippen LogP contribution is -2.20. The number of methoxy groups -OCH3 is 1. The van der Waals surface area contributed by atoms with Crippen molar-refractivity contribution >= 4 is 22.4 Å². The molecule has 0 spiro atoms. The van der Waals surface area contributed by atoms with E-state index in [4.69, 9.17) is 13.9 Å². The van der Waals surface area contributed by atoms with Gasteiger partial charge in [-0.2, -0.15) is 0 Å². The number of hydrogen-bond donors (Lipinski definition) is 1. The van der Waals surface area contributed by atoms with Crippen LogP contribution in [0.25, 0.3) is 27.7 Å². The van der Waals surface area contributed by atoms with Crippen LogP contribution in [0.4, 0.5) is 0 Å². The lowest BCUT2D eigenvalue weighted by atomic mass is 9.99. The Morgan fingerprint density at radius 3 is 2.82 bits per heavy atom. The number of nitrogens with zero attached hydrogens (tertiary/aromatic N) is 1. The summed E-state index contributed by atoms with van der Waals surface area (Å²) in [4.78, 5) is 16.6. The van der Waals surface area contributed by atoms with Crippen LogP contribution in [0.3, 0.4) is 0 Å². The van der Waals surface area contributed by atoms with Crippen LogP contribution in [0, 0.1) is 0 Å². The van der Waals surface area contributed by atoms with Gasteiger partial charge in [0.2, 0.25) is 5.91 Å². The molecule has 0 fully saturated rings. The summed E-state index contributed by atoms with van der Waals surface area (Å²) in [6.07, 6.45) is 6.76. The first-order chi connectivity index (χ1) is 16.1. The highest BCUT2D eigenvalue weighted by atomic mass is 16.5. The van der Waals surface area contributed by atoms with E-state index in [1.165, 1.54) is 0 Å². The molecule has 0 saturated carbocycles. The molecule has 2 aromatic heterocycles. The molecule has 168 valence electrons. The molecule has 0 aliphatic carbocycles. The number of carbonyl (C=O) groups excluding carboxylic acids is 1. The van der Waals surface area contributed by atoms with Crippen molar-refractivity contribution in [1.82, 2.24) is 10.3 Å². The van der Waals surface area contributed by atoms with E-state index in [0.29, 0.717) is 24.5 Å². The molecule has 6 heteroatoms. The Morgan fingerprint density at radius 2 is 2.06 bits per heavy atom. The minimum atomic E-state index is -0.181. The third-order valence-corrected chi connectivity index (χ3v) is 5.32. The van der Waals surface area contributed by atoms with Crippen molar-refractivity contribution in [2.75, 3.05) is 13.7 Å². The number of pyridine rings is 1.